The number of anilines is 3. The van der Waals surface area contributed by atoms with Gasteiger partial charge in [-0.2, -0.15) is 10.4 Å². The number of aromatic nitrogens is 4. The molecule has 2 N–H and O–H groups in total. The van der Waals surface area contributed by atoms with Gasteiger partial charge >= 0.3 is 0 Å². The summed E-state index contributed by atoms with van der Waals surface area (Å²) in [6.45, 7) is 7.45. The SMILES string of the molecule is CCOc1cc2nc(CC)c(C#N)c(Nc3ccc4nn(Cc5cccc(C)n5)cc4c3)c2cc1NC(=O)/C=C/CN(C)C. The molecule has 0 aliphatic rings. The number of carbonyl (C=O) groups excluding carboxylic acids is 1. The van der Waals surface area contributed by atoms with Crippen LogP contribution in [0.1, 0.15) is 36.5 Å². The van der Waals surface area contributed by atoms with Crippen molar-refractivity contribution in [2.45, 2.75) is 33.7 Å². The smallest absolute Gasteiger partial charge is 0.248 e. The summed E-state index contributed by atoms with van der Waals surface area (Å²) in [5, 5.41) is 23.0. The molecule has 0 atom stereocenters. The Labute approximate surface area is 257 Å². The highest BCUT2D eigenvalue weighted by Crippen LogP contribution is 2.38. The Morgan fingerprint density at radius 3 is 2.68 bits per heavy atom. The number of fused-ring (bicyclic) bond motifs is 2. The molecule has 0 unspecified atom stereocenters. The van der Waals surface area contributed by atoms with Gasteiger partial charge in [-0.25, -0.2) is 0 Å². The van der Waals surface area contributed by atoms with Crippen LogP contribution in [0.4, 0.5) is 17.1 Å². The van der Waals surface area contributed by atoms with E-state index in [0.29, 0.717) is 65.4 Å². The fourth-order valence-corrected chi connectivity index (χ4v) is 5.00. The van der Waals surface area contributed by atoms with Gasteiger partial charge in [-0.3, -0.25) is 19.4 Å². The number of ether oxygens (including phenoxy) is 1. The zero-order valence-corrected chi connectivity index (χ0v) is 25.7. The average molecular weight is 589 g/mol. The first kappa shape index (κ1) is 30.2. The summed E-state index contributed by atoms with van der Waals surface area (Å²) in [5.74, 6) is 0.236. The van der Waals surface area contributed by atoms with Crippen LogP contribution in [0.15, 0.2) is 66.9 Å². The highest BCUT2D eigenvalue weighted by Gasteiger charge is 2.19. The monoisotopic (exact) mass is 588 g/mol. The predicted octanol–water partition coefficient (Wildman–Crippen LogP) is 5.97. The molecule has 5 aromatic rings. The van der Waals surface area contributed by atoms with Crippen LogP contribution in [0.5, 0.6) is 5.75 Å². The van der Waals surface area contributed by atoms with Crippen molar-refractivity contribution in [3.05, 3.63) is 89.5 Å². The summed E-state index contributed by atoms with van der Waals surface area (Å²) >= 11 is 0. The number of amides is 1. The van der Waals surface area contributed by atoms with Crippen molar-refractivity contribution in [1.82, 2.24) is 24.6 Å². The van der Waals surface area contributed by atoms with Crippen molar-refractivity contribution in [3.8, 4) is 11.8 Å². The van der Waals surface area contributed by atoms with Gasteiger partial charge in [0.2, 0.25) is 5.91 Å². The first-order valence-corrected chi connectivity index (χ1v) is 14.6. The normalized spacial score (nSPS) is 11.4. The molecule has 44 heavy (non-hydrogen) atoms. The minimum atomic E-state index is -0.274. The molecule has 2 aromatic carbocycles. The van der Waals surface area contributed by atoms with Gasteiger partial charge in [0.05, 0.1) is 52.5 Å². The summed E-state index contributed by atoms with van der Waals surface area (Å²) in [5.41, 5.74) is 6.45. The van der Waals surface area contributed by atoms with E-state index in [2.05, 4.69) is 21.7 Å². The molecule has 0 radical (unpaired) electrons. The number of nitrogens with one attached hydrogen (secondary N) is 2. The molecule has 10 nitrogen and oxygen atoms in total. The maximum absolute atomic E-state index is 12.8. The standard InChI is InChI=1S/C34H36N8O2/c1-6-28-27(19-35)34(26-17-31(32(44-7-2)18-30(26)38-28)39-33(43)12-9-15-41(4)5)37-24-13-14-29-23(16-24)20-42(40-29)21-25-11-8-10-22(3)36-25/h8-14,16-18,20H,6-7,15,21H2,1-5H3,(H,37,38)(H,39,43)/b12-9+. The molecule has 0 aliphatic heterocycles. The second kappa shape index (κ2) is 13.4. The van der Waals surface area contributed by atoms with Crippen LogP contribution in [-0.2, 0) is 17.8 Å². The van der Waals surface area contributed by atoms with Crippen LogP contribution < -0.4 is 15.4 Å². The van der Waals surface area contributed by atoms with Gasteiger partial charge in [0, 0.05) is 47.0 Å². The fraction of sp³-hybridized carbons (Fsp3) is 0.265. The molecule has 1 amide bonds. The lowest BCUT2D eigenvalue weighted by molar-refractivity contribution is -0.111. The quantitative estimate of drug-likeness (QED) is 0.181. The number of rotatable bonds is 11. The number of hydrogen-bond donors (Lipinski definition) is 2. The van der Waals surface area contributed by atoms with Gasteiger partial charge in [-0.15, -0.1) is 0 Å². The zero-order valence-electron chi connectivity index (χ0n) is 25.7. The lowest BCUT2D eigenvalue weighted by atomic mass is 10.0. The third-order valence-electron chi connectivity index (χ3n) is 7.00. The molecule has 3 aromatic heterocycles. The molecule has 0 bridgehead atoms. The van der Waals surface area contributed by atoms with Crippen molar-refractivity contribution in [3.63, 3.8) is 0 Å². The van der Waals surface area contributed by atoms with E-state index >= 15 is 0 Å². The average Bonchev–Trinajstić information content (AvgIpc) is 3.38. The van der Waals surface area contributed by atoms with Crippen molar-refractivity contribution in [2.75, 3.05) is 37.9 Å². The molecule has 0 fully saturated rings. The predicted molar refractivity (Wildman–Crippen MR) is 174 cm³/mol. The number of nitriles is 1. The van der Waals surface area contributed by atoms with Gasteiger partial charge in [-0.05, 0) is 70.8 Å². The lowest BCUT2D eigenvalue weighted by Gasteiger charge is -2.17. The molecule has 224 valence electrons. The van der Waals surface area contributed by atoms with Crippen LogP contribution in [0, 0.1) is 18.3 Å². The van der Waals surface area contributed by atoms with Crippen molar-refractivity contribution in [2.24, 2.45) is 0 Å². The number of carbonyl (C=O) groups is 1. The van der Waals surface area contributed by atoms with E-state index in [1.54, 1.807) is 6.08 Å². The van der Waals surface area contributed by atoms with Crippen LogP contribution >= 0.6 is 0 Å². The van der Waals surface area contributed by atoms with E-state index in [4.69, 9.17) is 14.8 Å². The number of nitrogens with zero attached hydrogens (tertiary/aromatic N) is 6. The van der Waals surface area contributed by atoms with E-state index < -0.39 is 0 Å². The summed E-state index contributed by atoms with van der Waals surface area (Å²) in [6.07, 6.45) is 5.86. The summed E-state index contributed by atoms with van der Waals surface area (Å²) in [4.78, 5) is 24.1. The Balaban J connectivity index is 1.54. The van der Waals surface area contributed by atoms with Gasteiger partial charge < -0.3 is 20.3 Å². The van der Waals surface area contributed by atoms with E-state index in [-0.39, 0.29) is 5.91 Å². The van der Waals surface area contributed by atoms with Gasteiger partial charge in [0.15, 0.2) is 0 Å². The fourth-order valence-electron chi connectivity index (χ4n) is 5.00. The number of pyridine rings is 2. The molecule has 0 saturated heterocycles. The third kappa shape index (κ3) is 6.85. The Bertz CT molecular complexity index is 1900. The van der Waals surface area contributed by atoms with Crippen LogP contribution in [0.25, 0.3) is 21.8 Å². The molecule has 5 rings (SSSR count). The third-order valence-corrected chi connectivity index (χ3v) is 7.00. The minimum absolute atomic E-state index is 0.274. The largest absolute Gasteiger partial charge is 0.492 e. The molecule has 0 saturated carbocycles. The molecular weight excluding hydrogens is 552 g/mol. The summed E-state index contributed by atoms with van der Waals surface area (Å²) < 4.78 is 7.77. The van der Waals surface area contributed by atoms with Crippen molar-refractivity contribution >= 4 is 44.8 Å². The van der Waals surface area contributed by atoms with Crippen molar-refractivity contribution < 1.29 is 9.53 Å². The highest BCUT2D eigenvalue weighted by atomic mass is 16.5. The lowest BCUT2D eigenvalue weighted by Crippen LogP contribution is -2.13. The second-order valence-corrected chi connectivity index (χ2v) is 10.7. The number of hydrogen-bond acceptors (Lipinski definition) is 8. The van der Waals surface area contributed by atoms with E-state index in [1.165, 1.54) is 6.08 Å². The van der Waals surface area contributed by atoms with Gasteiger partial charge in [0.1, 0.15) is 11.8 Å². The maximum Gasteiger partial charge on any atom is 0.248 e. The van der Waals surface area contributed by atoms with Crippen molar-refractivity contribution in [1.29, 1.82) is 5.26 Å². The Kier molecular flexibility index (Phi) is 9.17. The summed E-state index contributed by atoms with van der Waals surface area (Å²) in [7, 11) is 3.87. The Morgan fingerprint density at radius 1 is 1.11 bits per heavy atom. The molecular formula is C34H36N8O2. The molecule has 3 heterocycles. The summed E-state index contributed by atoms with van der Waals surface area (Å²) in [6, 6.07) is 17.8. The number of benzene rings is 2. The maximum atomic E-state index is 12.8. The first-order valence-electron chi connectivity index (χ1n) is 14.6. The molecule has 0 spiro atoms. The van der Waals surface area contributed by atoms with Crippen LogP contribution in [0.3, 0.4) is 0 Å². The molecule has 10 heteroatoms. The molecule has 0 aliphatic carbocycles. The Morgan fingerprint density at radius 2 is 1.95 bits per heavy atom. The number of aryl methyl sites for hydroxylation is 2. The topological polar surface area (TPSA) is 121 Å². The zero-order chi connectivity index (χ0) is 31.2. The highest BCUT2D eigenvalue weighted by molar-refractivity contribution is 6.05. The second-order valence-electron chi connectivity index (χ2n) is 10.7. The Hall–Kier alpha value is -5.27. The van der Waals surface area contributed by atoms with Gasteiger partial charge in [-0.1, -0.05) is 19.1 Å². The van der Waals surface area contributed by atoms with Crippen LogP contribution in [-0.4, -0.2) is 57.8 Å². The van der Waals surface area contributed by atoms with E-state index in [9.17, 15) is 10.1 Å². The van der Waals surface area contributed by atoms with E-state index in [0.717, 1.165) is 28.0 Å². The first-order chi connectivity index (χ1) is 21.3. The van der Waals surface area contributed by atoms with E-state index in [1.807, 2.05) is 99.2 Å². The number of likely N-dealkylation sites (N-methyl/N-ethyl adjacent to an activating group) is 1. The minimum Gasteiger partial charge on any atom is -0.492 e. The van der Waals surface area contributed by atoms with Gasteiger partial charge in [0.25, 0.3) is 0 Å². The van der Waals surface area contributed by atoms with Crippen LogP contribution in [0.2, 0.25) is 0 Å².